The Morgan fingerprint density at radius 3 is 3.11 bits per heavy atom. The van der Waals surface area contributed by atoms with E-state index >= 15 is 0 Å². The number of hydrogen-bond acceptors (Lipinski definition) is 5. The molecule has 1 aliphatic heterocycles. The monoisotopic (exact) mass is 402 g/mol. The molecule has 0 unspecified atom stereocenters. The predicted molar refractivity (Wildman–Crippen MR) is 107 cm³/mol. The maximum Gasteiger partial charge on any atom is 0.241 e. The third kappa shape index (κ3) is 4.17. The van der Waals surface area contributed by atoms with Crippen LogP contribution in [0, 0.1) is 5.82 Å². The number of rotatable bonds is 5. The summed E-state index contributed by atoms with van der Waals surface area (Å²) in [6, 6.07) is 6.17. The topological polar surface area (TPSA) is 85.9 Å². The lowest BCUT2D eigenvalue weighted by Gasteiger charge is -2.33. The Kier molecular flexibility index (Phi) is 5.29. The fraction of sp³-hybridized carbons (Fsp3) is 0.316. The van der Waals surface area contributed by atoms with Crippen molar-refractivity contribution in [1.82, 2.24) is 19.9 Å². The first-order chi connectivity index (χ1) is 13.6. The Morgan fingerprint density at radius 2 is 2.25 bits per heavy atom. The molecule has 1 fully saturated rings. The molecule has 28 heavy (non-hydrogen) atoms. The zero-order valence-electron chi connectivity index (χ0n) is 15.1. The van der Waals surface area contributed by atoms with E-state index in [9.17, 15) is 9.18 Å². The van der Waals surface area contributed by atoms with E-state index in [2.05, 4.69) is 25.6 Å². The van der Waals surface area contributed by atoms with Crippen molar-refractivity contribution in [2.45, 2.75) is 18.9 Å². The number of H-pyrrole nitrogens is 1. The van der Waals surface area contributed by atoms with E-state index in [1.165, 1.54) is 18.5 Å². The molecule has 0 spiro atoms. The van der Waals surface area contributed by atoms with E-state index in [1.54, 1.807) is 6.07 Å². The van der Waals surface area contributed by atoms with Crippen LogP contribution in [0.25, 0.3) is 11.0 Å². The number of hydrogen-bond donors (Lipinski definition) is 3. The second-order valence-corrected chi connectivity index (χ2v) is 7.23. The largest absolute Gasteiger partial charge is 0.376 e. The first kappa shape index (κ1) is 18.5. The summed E-state index contributed by atoms with van der Waals surface area (Å²) in [5.74, 6) is 0.282. The summed E-state index contributed by atoms with van der Waals surface area (Å²) < 4.78 is 13.4. The van der Waals surface area contributed by atoms with E-state index < -0.39 is 5.82 Å². The standard InChI is InChI=1S/C19H20ClFN6O/c20-12-6-13(21)8-15(7-12)23-9-17(28)27-5-1-2-14(10-27)26-19-16-3-4-22-18(16)24-11-25-19/h3-4,6-8,11,14,23H,1-2,5,9-10H2,(H2,22,24,25,26)/t14-/m1/s1. The average Bonchev–Trinajstić information content (AvgIpc) is 3.15. The van der Waals surface area contributed by atoms with Crippen LogP contribution >= 0.6 is 11.6 Å². The number of anilines is 2. The van der Waals surface area contributed by atoms with Gasteiger partial charge in [0.15, 0.2) is 0 Å². The zero-order chi connectivity index (χ0) is 19.5. The summed E-state index contributed by atoms with van der Waals surface area (Å²) in [6.45, 7) is 1.37. The molecule has 1 atom stereocenters. The van der Waals surface area contributed by atoms with E-state index in [-0.39, 0.29) is 23.5 Å². The Balaban J connectivity index is 1.36. The van der Waals surface area contributed by atoms with Crippen molar-refractivity contribution in [3.63, 3.8) is 0 Å². The lowest BCUT2D eigenvalue weighted by molar-refractivity contribution is -0.130. The maximum atomic E-state index is 13.4. The van der Waals surface area contributed by atoms with E-state index in [0.717, 1.165) is 29.7 Å². The van der Waals surface area contributed by atoms with Gasteiger partial charge in [-0.2, -0.15) is 0 Å². The molecule has 9 heteroatoms. The molecule has 3 aromatic rings. The molecule has 0 radical (unpaired) electrons. The van der Waals surface area contributed by atoms with Crippen LogP contribution in [0.15, 0.2) is 36.8 Å². The smallest absolute Gasteiger partial charge is 0.241 e. The number of likely N-dealkylation sites (tertiary alicyclic amines) is 1. The first-order valence-corrected chi connectivity index (χ1v) is 9.48. The molecule has 1 aliphatic rings. The van der Waals surface area contributed by atoms with Crippen LogP contribution in [-0.2, 0) is 4.79 Å². The summed E-state index contributed by atoms with van der Waals surface area (Å²) >= 11 is 5.85. The second kappa shape index (κ2) is 8.02. The van der Waals surface area contributed by atoms with Crippen LogP contribution in [0.4, 0.5) is 15.9 Å². The van der Waals surface area contributed by atoms with Crippen LogP contribution in [0.2, 0.25) is 5.02 Å². The lowest BCUT2D eigenvalue weighted by atomic mass is 10.1. The van der Waals surface area contributed by atoms with Crippen LogP contribution < -0.4 is 10.6 Å². The van der Waals surface area contributed by atoms with Crippen molar-refractivity contribution in [3.05, 3.63) is 47.6 Å². The average molecular weight is 403 g/mol. The first-order valence-electron chi connectivity index (χ1n) is 9.11. The second-order valence-electron chi connectivity index (χ2n) is 6.80. The van der Waals surface area contributed by atoms with Gasteiger partial charge in [0.1, 0.15) is 23.6 Å². The number of nitrogens with zero attached hydrogens (tertiary/aromatic N) is 3. The van der Waals surface area contributed by atoms with Gasteiger partial charge in [-0.3, -0.25) is 4.79 Å². The number of aromatic amines is 1. The Hall–Kier alpha value is -2.87. The fourth-order valence-electron chi connectivity index (χ4n) is 3.45. The molecule has 1 saturated heterocycles. The number of nitrogens with one attached hydrogen (secondary N) is 3. The van der Waals surface area contributed by atoms with Gasteiger partial charge < -0.3 is 20.5 Å². The van der Waals surface area contributed by atoms with Crippen LogP contribution in [-0.4, -0.2) is 51.4 Å². The van der Waals surface area contributed by atoms with Crippen molar-refractivity contribution < 1.29 is 9.18 Å². The molecule has 1 aromatic carbocycles. The summed E-state index contributed by atoms with van der Waals surface area (Å²) in [7, 11) is 0. The molecule has 7 nitrogen and oxygen atoms in total. The van der Waals surface area contributed by atoms with Gasteiger partial charge >= 0.3 is 0 Å². The summed E-state index contributed by atoms with van der Waals surface area (Å²) in [6.07, 6.45) is 5.19. The molecule has 1 amide bonds. The molecule has 0 aliphatic carbocycles. The lowest BCUT2D eigenvalue weighted by Crippen LogP contribution is -2.47. The Bertz CT molecular complexity index is 973. The minimum absolute atomic E-state index is 0.0404. The number of amides is 1. The molecule has 3 N–H and O–H groups in total. The minimum atomic E-state index is -0.439. The summed E-state index contributed by atoms with van der Waals surface area (Å²) in [4.78, 5) is 26.0. The molecular weight excluding hydrogens is 383 g/mol. The van der Waals surface area contributed by atoms with Gasteiger partial charge in [-0.25, -0.2) is 14.4 Å². The zero-order valence-corrected chi connectivity index (χ0v) is 15.8. The highest BCUT2D eigenvalue weighted by atomic mass is 35.5. The van der Waals surface area contributed by atoms with Gasteiger partial charge in [0.2, 0.25) is 5.91 Å². The van der Waals surface area contributed by atoms with Crippen molar-refractivity contribution in [2.24, 2.45) is 0 Å². The van der Waals surface area contributed by atoms with Gasteiger partial charge in [-0.1, -0.05) is 11.6 Å². The summed E-state index contributed by atoms with van der Waals surface area (Å²) in [5.41, 5.74) is 1.26. The minimum Gasteiger partial charge on any atom is -0.376 e. The third-order valence-electron chi connectivity index (χ3n) is 4.78. The Morgan fingerprint density at radius 1 is 1.36 bits per heavy atom. The van der Waals surface area contributed by atoms with E-state index in [1.807, 2.05) is 17.2 Å². The molecule has 0 bridgehead atoms. The number of fused-ring (bicyclic) bond motifs is 1. The maximum absolute atomic E-state index is 13.4. The molecule has 3 heterocycles. The Labute approximate surface area is 166 Å². The number of carbonyl (C=O) groups is 1. The fourth-order valence-corrected chi connectivity index (χ4v) is 3.67. The number of halogens is 2. The highest BCUT2D eigenvalue weighted by Gasteiger charge is 2.24. The molecule has 0 saturated carbocycles. The van der Waals surface area contributed by atoms with Crippen LogP contribution in [0.3, 0.4) is 0 Å². The van der Waals surface area contributed by atoms with Crippen LogP contribution in [0.5, 0.6) is 0 Å². The predicted octanol–water partition coefficient (Wildman–Crippen LogP) is 3.27. The van der Waals surface area contributed by atoms with Gasteiger partial charge in [-0.05, 0) is 37.1 Å². The van der Waals surface area contributed by atoms with Crippen molar-refractivity contribution in [2.75, 3.05) is 30.3 Å². The third-order valence-corrected chi connectivity index (χ3v) is 4.99. The van der Waals surface area contributed by atoms with Gasteiger partial charge in [0, 0.05) is 36.0 Å². The highest BCUT2D eigenvalue weighted by Crippen LogP contribution is 2.22. The van der Waals surface area contributed by atoms with Crippen molar-refractivity contribution in [3.8, 4) is 0 Å². The SMILES string of the molecule is O=C(CNc1cc(F)cc(Cl)c1)N1CCC[C@@H](Nc2ncnc3[nH]ccc23)C1. The number of piperidine rings is 1. The normalized spacial score (nSPS) is 16.9. The van der Waals surface area contributed by atoms with Crippen LogP contribution in [0.1, 0.15) is 12.8 Å². The van der Waals surface area contributed by atoms with Crippen molar-refractivity contribution in [1.29, 1.82) is 0 Å². The number of benzene rings is 1. The van der Waals surface area contributed by atoms with Gasteiger partial charge in [0.25, 0.3) is 0 Å². The highest BCUT2D eigenvalue weighted by molar-refractivity contribution is 6.30. The van der Waals surface area contributed by atoms with E-state index in [4.69, 9.17) is 11.6 Å². The van der Waals surface area contributed by atoms with Gasteiger partial charge in [-0.15, -0.1) is 0 Å². The molecule has 2 aromatic heterocycles. The summed E-state index contributed by atoms with van der Waals surface area (Å²) in [5, 5.41) is 7.60. The molecule has 146 valence electrons. The number of aromatic nitrogens is 3. The number of carbonyl (C=O) groups excluding carboxylic acids is 1. The van der Waals surface area contributed by atoms with Crippen molar-refractivity contribution >= 4 is 40.0 Å². The molecule has 4 rings (SSSR count). The van der Waals surface area contributed by atoms with E-state index in [0.29, 0.717) is 18.8 Å². The quantitative estimate of drug-likeness (QED) is 0.609. The van der Waals surface area contributed by atoms with Gasteiger partial charge in [0.05, 0.1) is 11.9 Å². The molecular formula is C19H20ClFN6O.